The van der Waals surface area contributed by atoms with Gasteiger partial charge in [0.25, 0.3) is 5.91 Å². The summed E-state index contributed by atoms with van der Waals surface area (Å²) in [5.41, 5.74) is 0. The minimum Gasteiger partial charge on any atom is -0.481 e. The minimum absolute atomic E-state index is 0.0312. The third-order valence-corrected chi connectivity index (χ3v) is 3.26. The number of benzene rings is 1. The molecule has 0 radical (unpaired) electrons. The molecular formula is C13H17Cl2NO3. The van der Waals surface area contributed by atoms with Crippen molar-refractivity contribution in [1.82, 2.24) is 5.32 Å². The largest absolute Gasteiger partial charge is 0.481 e. The maximum Gasteiger partial charge on any atom is 0.260 e. The van der Waals surface area contributed by atoms with E-state index in [0.29, 0.717) is 22.2 Å². The lowest BCUT2D eigenvalue weighted by atomic mass is 10.2. The van der Waals surface area contributed by atoms with Gasteiger partial charge in [0.1, 0.15) is 5.75 Å². The van der Waals surface area contributed by atoms with Crippen molar-refractivity contribution in [3.05, 3.63) is 28.2 Å². The van der Waals surface area contributed by atoms with Crippen LogP contribution in [0.2, 0.25) is 10.0 Å². The molecule has 0 aliphatic heterocycles. The second kappa shape index (κ2) is 7.58. The summed E-state index contributed by atoms with van der Waals surface area (Å²) in [6, 6.07) is 4.72. The molecule has 1 unspecified atom stereocenters. The maximum absolute atomic E-state index is 11.8. The van der Waals surface area contributed by atoms with Crippen LogP contribution in [0, 0.1) is 0 Å². The summed E-state index contributed by atoms with van der Waals surface area (Å²) in [5.74, 6) is 0.235. The Hall–Kier alpha value is -0.970. The number of rotatable bonds is 6. The van der Waals surface area contributed by atoms with E-state index in [1.807, 2.05) is 6.92 Å². The zero-order valence-electron chi connectivity index (χ0n) is 10.8. The molecule has 1 amide bonds. The predicted octanol–water partition coefficient (Wildman–Crippen LogP) is 2.65. The van der Waals surface area contributed by atoms with Crippen molar-refractivity contribution in [2.45, 2.75) is 32.4 Å². The monoisotopic (exact) mass is 305 g/mol. The first-order valence-corrected chi connectivity index (χ1v) is 6.72. The molecule has 0 aliphatic carbocycles. The highest BCUT2D eigenvalue weighted by atomic mass is 35.5. The van der Waals surface area contributed by atoms with E-state index in [1.54, 1.807) is 25.1 Å². The molecule has 1 aromatic rings. The van der Waals surface area contributed by atoms with Crippen LogP contribution in [0.3, 0.4) is 0 Å². The summed E-state index contributed by atoms with van der Waals surface area (Å²) < 4.78 is 5.47. The fraction of sp³-hybridized carbons (Fsp3) is 0.462. The number of nitrogens with one attached hydrogen (secondary N) is 1. The van der Waals surface area contributed by atoms with Crippen molar-refractivity contribution in [2.75, 3.05) is 6.61 Å². The zero-order chi connectivity index (χ0) is 14.4. The highest BCUT2D eigenvalue weighted by Crippen LogP contribution is 2.26. The highest BCUT2D eigenvalue weighted by molar-refractivity contribution is 6.42. The van der Waals surface area contributed by atoms with E-state index in [1.165, 1.54) is 0 Å². The Morgan fingerprint density at radius 1 is 1.37 bits per heavy atom. The Morgan fingerprint density at radius 2 is 2.05 bits per heavy atom. The van der Waals surface area contributed by atoms with Crippen molar-refractivity contribution in [3.63, 3.8) is 0 Å². The lowest BCUT2D eigenvalue weighted by molar-refractivity contribution is -0.127. The molecule has 0 aliphatic rings. The number of aliphatic hydroxyl groups excluding tert-OH is 1. The topological polar surface area (TPSA) is 58.6 Å². The number of ether oxygens (including phenoxy) is 1. The van der Waals surface area contributed by atoms with Crippen LogP contribution in [-0.2, 0) is 4.79 Å². The number of carbonyl (C=O) groups excluding carboxylic acids is 1. The normalized spacial score (nSPS) is 13.7. The molecule has 1 rings (SSSR count). The van der Waals surface area contributed by atoms with Gasteiger partial charge in [-0.1, -0.05) is 23.2 Å². The van der Waals surface area contributed by atoms with Crippen molar-refractivity contribution in [3.8, 4) is 5.75 Å². The molecule has 0 bridgehead atoms. The van der Waals surface area contributed by atoms with Crippen LogP contribution in [0.25, 0.3) is 0 Å². The summed E-state index contributed by atoms with van der Waals surface area (Å²) in [4.78, 5) is 11.8. The number of halogens is 2. The Balaban J connectivity index is 2.56. The van der Waals surface area contributed by atoms with Crippen molar-refractivity contribution >= 4 is 29.1 Å². The van der Waals surface area contributed by atoms with Gasteiger partial charge in [-0.25, -0.2) is 0 Å². The molecular weight excluding hydrogens is 289 g/mol. The van der Waals surface area contributed by atoms with Crippen LogP contribution in [-0.4, -0.2) is 29.8 Å². The molecule has 0 saturated heterocycles. The lowest BCUT2D eigenvalue weighted by Crippen LogP contribution is -2.41. The van der Waals surface area contributed by atoms with E-state index in [-0.39, 0.29) is 18.6 Å². The van der Waals surface area contributed by atoms with Gasteiger partial charge in [-0.05, 0) is 32.4 Å². The first-order chi connectivity index (χ1) is 8.93. The number of aliphatic hydroxyl groups is 1. The highest BCUT2D eigenvalue weighted by Gasteiger charge is 2.17. The molecule has 106 valence electrons. The summed E-state index contributed by atoms with van der Waals surface area (Å²) >= 11 is 11.7. The van der Waals surface area contributed by atoms with E-state index < -0.39 is 6.10 Å². The molecule has 0 spiro atoms. The Bertz CT molecular complexity index is 440. The van der Waals surface area contributed by atoms with Crippen molar-refractivity contribution in [2.24, 2.45) is 0 Å². The Kier molecular flexibility index (Phi) is 6.42. The standard InChI is InChI=1S/C13H17Cl2NO3/c1-8(5-6-17)16-13(18)9(2)19-10-3-4-11(14)12(15)7-10/h3-4,7-9,17H,5-6H2,1-2H3,(H,16,18)/t8-,9?/m1/s1. The molecule has 0 fully saturated rings. The maximum atomic E-state index is 11.8. The van der Waals surface area contributed by atoms with Gasteiger partial charge < -0.3 is 15.2 Å². The minimum atomic E-state index is -0.654. The van der Waals surface area contributed by atoms with Crippen LogP contribution >= 0.6 is 23.2 Å². The Labute approximate surface area is 122 Å². The molecule has 1 aromatic carbocycles. The van der Waals surface area contributed by atoms with E-state index >= 15 is 0 Å². The summed E-state index contributed by atoms with van der Waals surface area (Å²) in [7, 11) is 0. The fourth-order valence-corrected chi connectivity index (χ4v) is 1.72. The predicted molar refractivity (Wildman–Crippen MR) is 75.9 cm³/mol. The van der Waals surface area contributed by atoms with Gasteiger partial charge in [0.2, 0.25) is 0 Å². The first kappa shape index (κ1) is 16.1. The molecule has 0 heterocycles. The van der Waals surface area contributed by atoms with Gasteiger partial charge in [0, 0.05) is 18.7 Å². The SMILES string of the molecule is CC(Oc1ccc(Cl)c(Cl)c1)C(=O)N[C@H](C)CCO. The van der Waals surface area contributed by atoms with Gasteiger partial charge in [0.15, 0.2) is 6.10 Å². The summed E-state index contributed by atoms with van der Waals surface area (Å²) in [6.45, 7) is 3.49. The van der Waals surface area contributed by atoms with Crippen LogP contribution < -0.4 is 10.1 Å². The van der Waals surface area contributed by atoms with Gasteiger partial charge in [-0.15, -0.1) is 0 Å². The van der Waals surface area contributed by atoms with Crippen LogP contribution in [0.1, 0.15) is 20.3 Å². The third-order valence-electron chi connectivity index (χ3n) is 2.52. The Morgan fingerprint density at radius 3 is 2.63 bits per heavy atom. The molecule has 4 nitrogen and oxygen atoms in total. The van der Waals surface area contributed by atoms with Gasteiger partial charge in [-0.3, -0.25) is 4.79 Å². The van der Waals surface area contributed by atoms with Crippen LogP contribution in [0.15, 0.2) is 18.2 Å². The molecule has 0 saturated carbocycles. The average Bonchev–Trinajstić information content (AvgIpc) is 2.34. The lowest BCUT2D eigenvalue weighted by Gasteiger charge is -2.18. The van der Waals surface area contributed by atoms with Gasteiger partial charge in [-0.2, -0.15) is 0 Å². The van der Waals surface area contributed by atoms with E-state index in [4.69, 9.17) is 33.0 Å². The molecule has 19 heavy (non-hydrogen) atoms. The fourth-order valence-electron chi connectivity index (χ4n) is 1.43. The third kappa shape index (κ3) is 5.27. The molecule has 2 atom stereocenters. The van der Waals surface area contributed by atoms with Crippen LogP contribution in [0.5, 0.6) is 5.75 Å². The first-order valence-electron chi connectivity index (χ1n) is 5.97. The number of hydrogen-bond donors (Lipinski definition) is 2. The van der Waals surface area contributed by atoms with Gasteiger partial charge >= 0.3 is 0 Å². The van der Waals surface area contributed by atoms with Gasteiger partial charge in [0.05, 0.1) is 10.0 Å². The smallest absolute Gasteiger partial charge is 0.260 e. The summed E-state index contributed by atoms with van der Waals surface area (Å²) in [5, 5.41) is 12.3. The summed E-state index contributed by atoms with van der Waals surface area (Å²) in [6.07, 6.45) is -0.149. The number of carbonyl (C=O) groups is 1. The molecule has 6 heteroatoms. The average molecular weight is 306 g/mol. The van der Waals surface area contributed by atoms with E-state index in [0.717, 1.165) is 0 Å². The number of amides is 1. The zero-order valence-corrected chi connectivity index (χ0v) is 12.3. The second-order valence-electron chi connectivity index (χ2n) is 4.26. The van der Waals surface area contributed by atoms with Crippen molar-refractivity contribution in [1.29, 1.82) is 0 Å². The molecule has 2 N–H and O–H groups in total. The van der Waals surface area contributed by atoms with E-state index in [2.05, 4.69) is 5.32 Å². The van der Waals surface area contributed by atoms with Crippen LogP contribution in [0.4, 0.5) is 0 Å². The van der Waals surface area contributed by atoms with Crippen molar-refractivity contribution < 1.29 is 14.6 Å². The quantitative estimate of drug-likeness (QED) is 0.849. The number of hydrogen-bond acceptors (Lipinski definition) is 3. The second-order valence-corrected chi connectivity index (χ2v) is 5.07. The molecule has 0 aromatic heterocycles. The van der Waals surface area contributed by atoms with E-state index in [9.17, 15) is 4.79 Å².